The van der Waals surface area contributed by atoms with Crippen molar-refractivity contribution in [1.82, 2.24) is 24.6 Å². The molecule has 0 aliphatic rings. The molecular formula is C5H4N6O2S. The maximum Gasteiger partial charge on any atom is 0.358 e. The van der Waals surface area contributed by atoms with Crippen LogP contribution in [0.5, 0.6) is 0 Å². The van der Waals surface area contributed by atoms with Gasteiger partial charge in [-0.2, -0.15) is 4.68 Å². The molecule has 0 aromatic carbocycles. The Bertz CT molecular complexity index is 463. The molecule has 0 bridgehead atoms. The molecule has 3 N–H and O–H groups in total. The highest BCUT2D eigenvalue weighted by molar-refractivity contribution is 7.08. The van der Waals surface area contributed by atoms with E-state index >= 15 is 0 Å². The van der Waals surface area contributed by atoms with Gasteiger partial charge in [0.05, 0.1) is 6.20 Å². The number of rotatable bonds is 2. The van der Waals surface area contributed by atoms with Crippen LogP contribution in [-0.2, 0) is 0 Å². The first kappa shape index (κ1) is 8.56. The van der Waals surface area contributed by atoms with E-state index in [1.807, 2.05) is 0 Å². The number of aromatic carboxylic acids is 1. The summed E-state index contributed by atoms with van der Waals surface area (Å²) in [6.07, 6.45) is 1.38. The van der Waals surface area contributed by atoms with Crippen molar-refractivity contribution in [3.63, 3.8) is 0 Å². The van der Waals surface area contributed by atoms with E-state index in [0.29, 0.717) is 5.00 Å². The number of aromatic nitrogens is 5. The van der Waals surface area contributed by atoms with E-state index in [4.69, 9.17) is 10.8 Å². The second-order valence-electron chi connectivity index (χ2n) is 2.30. The highest BCUT2D eigenvalue weighted by Crippen LogP contribution is 2.15. The van der Waals surface area contributed by atoms with Gasteiger partial charge in [0, 0.05) is 11.5 Å². The molecule has 0 unspecified atom stereocenters. The van der Waals surface area contributed by atoms with Gasteiger partial charge >= 0.3 is 5.97 Å². The Morgan fingerprint density at radius 2 is 2.43 bits per heavy atom. The molecule has 0 aliphatic heterocycles. The monoisotopic (exact) mass is 212 g/mol. The minimum absolute atomic E-state index is 0.133. The summed E-state index contributed by atoms with van der Waals surface area (Å²) in [6, 6.07) is 0. The van der Waals surface area contributed by atoms with Gasteiger partial charge in [-0.1, -0.05) is 9.70 Å². The predicted octanol–water partition coefficient (Wildman–Crippen LogP) is -0.601. The normalized spacial score (nSPS) is 10.3. The first-order valence-electron chi connectivity index (χ1n) is 3.42. The molecule has 0 saturated carbocycles. The van der Waals surface area contributed by atoms with Crippen molar-refractivity contribution in [2.24, 2.45) is 0 Å². The molecule has 2 aromatic heterocycles. The second kappa shape index (κ2) is 3.03. The van der Waals surface area contributed by atoms with Gasteiger partial charge in [-0.15, -0.1) is 10.2 Å². The number of nitrogens with zero attached hydrogens (tertiary/aromatic N) is 5. The number of carbonyl (C=O) groups is 1. The van der Waals surface area contributed by atoms with Crippen LogP contribution in [0.15, 0.2) is 6.20 Å². The number of anilines is 1. The lowest BCUT2D eigenvalue weighted by atomic mass is 10.4. The van der Waals surface area contributed by atoms with E-state index in [-0.39, 0.29) is 11.5 Å². The number of hydrogen-bond donors (Lipinski definition) is 2. The summed E-state index contributed by atoms with van der Waals surface area (Å²) in [7, 11) is 0. The summed E-state index contributed by atoms with van der Waals surface area (Å²) in [5, 5.41) is 19.8. The van der Waals surface area contributed by atoms with Gasteiger partial charge in [0.25, 0.3) is 0 Å². The summed E-state index contributed by atoms with van der Waals surface area (Å²) >= 11 is 1.00. The fourth-order valence-corrected chi connectivity index (χ4v) is 1.38. The average Bonchev–Trinajstić information content (AvgIpc) is 2.70. The van der Waals surface area contributed by atoms with Crippen LogP contribution >= 0.6 is 11.5 Å². The van der Waals surface area contributed by atoms with Gasteiger partial charge in [-0.25, -0.2) is 4.79 Å². The van der Waals surface area contributed by atoms with Crippen molar-refractivity contribution < 1.29 is 9.90 Å². The number of nitrogens with two attached hydrogens (primary N) is 1. The average molecular weight is 212 g/mol. The topological polar surface area (TPSA) is 120 Å². The lowest BCUT2D eigenvalue weighted by Crippen LogP contribution is -2.08. The van der Waals surface area contributed by atoms with Crippen molar-refractivity contribution in [3.05, 3.63) is 11.9 Å². The Balaban J connectivity index is 2.60. The van der Waals surface area contributed by atoms with Gasteiger partial charge in [-0.3, -0.25) is 0 Å². The maximum absolute atomic E-state index is 10.8. The Morgan fingerprint density at radius 3 is 3.00 bits per heavy atom. The Kier molecular flexibility index (Phi) is 1.85. The van der Waals surface area contributed by atoms with E-state index in [1.54, 1.807) is 0 Å². The van der Waals surface area contributed by atoms with Crippen LogP contribution in [0.25, 0.3) is 5.00 Å². The summed E-state index contributed by atoms with van der Waals surface area (Å²) < 4.78 is 4.66. The van der Waals surface area contributed by atoms with Gasteiger partial charge in [0.15, 0.2) is 16.5 Å². The third-order valence-corrected chi connectivity index (χ3v) is 2.10. The molecule has 0 radical (unpaired) electrons. The zero-order chi connectivity index (χ0) is 10.1. The quantitative estimate of drug-likeness (QED) is 0.681. The second-order valence-corrected chi connectivity index (χ2v) is 3.06. The van der Waals surface area contributed by atoms with Crippen LogP contribution in [0.2, 0.25) is 0 Å². The third kappa shape index (κ3) is 1.19. The first-order valence-corrected chi connectivity index (χ1v) is 4.19. The van der Waals surface area contributed by atoms with E-state index in [9.17, 15) is 4.79 Å². The molecule has 2 heterocycles. The highest BCUT2D eigenvalue weighted by atomic mass is 32.1. The van der Waals surface area contributed by atoms with Gasteiger partial charge in [-0.05, 0) is 0 Å². The lowest BCUT2D eigenvalue weighted by Gasteiger charge is -1.96. The third-order valence-electron chi connectivity index (χ3n) is 1.46. The Morgan fingerprint density at radius 1 is 1.64 bits per heavy atom. The van der Waals surface area contributed by atoms with Crippen molar-refractivity contribution in [1.29, 1.82) is 0 Å². The van der Waals surface area contributed by atoms with Crippen LogP contribution in [0.3, 0.4) is 0 Å². The molecule has 0 atom stereocenters. The van der Waals surface area contributed by atoms with Gasteiger partial charge < -0.3 is 10.8 Å². The van der Waals surface area contributed by atoms with E-state index in [2.05, 4.69) is 19.9 Å². The molecule has 2 aromatic rings. The van der Waals surface area contributed by atoms with Crippen molar-refractivity contribution >= 4 is 23.3 Å². The number of hydrogen-bond acceptors (Lipinski definition) is 7. The van der Waals surface area contributed by atoms with Crippen LogP contribution in [0.1, 0.15) is 10.5 Å². The first-order chi connectivity index (χ1) is 6.70. The number of nitrogen functional groups attached to an aromatic ring is 1. The number of carboxylic acids is 1. The van der Waals surface area contributed by atoms with Crippen LogP contribution in [0.4, 0.5) is 5.82 Å². The minimum atomic E-state index is -1.19. The zero-order valence-electron chi connectivity index (χ0n) is 6.65. The molecule has 0 spiro atoms. The fraction of sp³-hybridized carbons (Fsp3) is 0. The minimum Gasteiger partial charge on any atom is -0.476 e. The van der Waals surface area contributed by atoms with Crippen molar-refractivity contribution in [2.75, 3.05) is 5.73 Å². The van der Waals surface area contributed by atoms with Crippen LogP contribution < -0.4 is 5.73 Å². The SMILES string of the molecule is Nc1nnn(-c2cnns2)c1C(=O)O. The standard InChI is InChI=1S/C5H4N6O2S/c6-4-3(5(12)13)11(9-8-4)2-1-7-10-14-2/h1H,6H2,(H,12,13). The maximum atomic E-state index is 10.8. The molecule has 9 heteroatoms. The predicted molar refractivity (Wildman–Crippen MR) is 46.2 cm³/mol. The van der Waals surface area contributed by atoms with Gasteiger partial charge in [0.1, 0.15) is 0 Å². The molecule has 0 amide bonds. The summed E-state index contributed by atoms with van der Waals surface area (Å²) in [5.74, 6) is -1.33. The number of carboxylic acid groups (broad SMARTS) is 1. The molecule has 2 rings (SSSR count). The van der Waals surface area contributed by atoms with E-state index in [1.165, 1.54) is 6.20 Å². The van der Waals surface area contributed by atoms with Crippen molar-refractivity contribution in [2.45, 2.75) is 0 Å². The fourth-order valence-electron chi connectivity index (χ4n) is 0.903. The molecule has 8 nitrogen and oxygen atoms in total. The zero-order valence-corrected chi connectivity index (χ0v) is 7.47. The lowest BCUT2D eigenvalue weighted by molar-refractivity contribution is 0.0688. The summed E-state index contributed by atoms with van der Waals surface area (Å²) in [6.45, 7) is 0. The molecule has 0 fully saturated rings. The smallest absolute Gasteiger partial charge is 0.358 e. The van der Waals surface area contributed by atoms with E-state index in [0.717, 1.165) is 16.2 Å². The Hall–Kier alpha value is -2.03. The summed E-state index contributed by atoms with van der Waals surface area (Å²) in [4.78, 5) is 10.8. The Labute approximate surface area is 81.1 Å². The molecule has 0 aliphatic carbocycles. The van der Waals surface area contributed by atoms with Crippen LogP contribution in [-0.4, -0.2) is 35.7 Å². The van der Waals surface area contributed by atoms with Gasteiger partial charge in [0.2, 0.25) is 0 Å². The summed E-state index contributed by atoms with van der Waals surface area (Å²) in [5.41, 5.74) is 5.15. The molecule has 72 valence electrons. The van der Waals surface area contributed by atoms with Crippen molar-refractivity contribution in [3.8, 4) is 5.00 Å². The van der Waals surface area contributed by atoms with Crippen LogP contribution in [0, 0.1) is 0 Å². The molecular weight excluding hydrogens is 208 g/mol. The largest absolute Gasteiger partial charge is 0.476 e. The molecule has 14 heavy (non-hydrogen) atoms. The highest BCUT2D eigenvalue weighted by Gasteiger charge is 2.19. The van der Waals surface area contributed by atoms with E-state index < -0.39 is 5.97 Å². The molecule has 0 saturated heterocycles.